The Morgan fingerprint density at radius 1 is 1.16 bits per heavy atom. The lowest BCUT2D eigenvalue weighted by Gasteiger charge is -2.11. The monoisotopic (exact) mass is 259 g/mol. The Labute approximate surface area is 112 Å². The van der Waals surface area contributed by atoms with Crippen LogP contribution in [0, 0.1) is 6.92 Å². The average molecular weight is 259 g/mol. The molecule has 1 aromatic heterocycles. The minimum Gasteiger partial charge on any atom is -0.490 e. The summed E-state index contributed by atoms with van der Waals surface area (Å²) >= 11 is 0. The number of ether oxygens (including phenoxy) is 2. The highest BCUT2D eigenvalue weighted by atomic mass is 16.5. The van der Waals surface area contributed by atoms with E-state index in [9.17, 15) is 0 Å². The van der Waals surface area contributed by atoms with Crippen molar-refractivity contribution in [3.8, 4) is 17.0 Å². The van der Waals surface area contributed by atoms with Crippen LogP contribution in [0.1, 0.15) is 5.69 Å². The number of aryl methyl sites for hydroxylation is 1. The molecule has 100 valence electrons. The Bertz CT molecular complexity index is 538. The van der Waals surface area contributed by atoms with E-state index in [0.29, 0.717) is 13.2 Å². The van der Waals surface area contributed by atoms with E-state index >= 15 is 0 Å². The van der Waals surface area contributed by atoms with Gasteiger partial charge in [0.05, 0.1) is 12.3 Å². The third-order valence-electron chi connectivity index (χ3n) is 2.58. The summed E-state index contributed by atoms with van der Waals surface area (Å²) in [5.74, 6) is 1.03. The predicted octanol–water partition coefficient (Wildman–Crippen LogP) is 2.06. The number of methoxy groups -OCH3 is 1. The van der Waals surface area contributed by atoms with Crippen LogP contribution < -0.4 is 10.5 Å². The van der Waals surface area contributed by atoms with Crippen LogP contribution in [0.15, 0.2) is 30.3 Å². The fraction of sp³-hybridized carbons (Fsp3) is 0.286. The molecule has 0 spiro atoms. The summed E-state index contributed by atoms with van der Waals surface area (Å²) in [6.07, 6.45) is 0. The van der Waals surface area contributed by atoms with Gasteiger partial charge in [0.1, 0.15) is 12.4 Å². The number of anilines is 1. The number of nitrogens with two attached hydrogens (primary N) is 1. The number of hydrogen-bond donors (Lipinski definition) is 1. The lowest BCUT2D eigenvalue weighted by atomic mass is 10.1. The smallest absolute Gasteiger partial charge is 0.220 e. The molecule has 0 unspecified atom stereocenters. The molecule has 2 aromatic rings. The Balaban J connectivity index is 2.32. The molecular weight excluding hydrogens is 242 g/mol. The van der Waals surface area contributed by atoms with Gasteiger partial charge in [-0.25, -0.2) is 9.97 Å². The summed E-state index contributed by atoms with van der Waals surface area (Å²) in [5.41, 5.74) is 8.17. The van der Waals surface area contributed by atoms with Crippen LogP contribution in [-0.2, 0) is 4.74 Å². The van der Waals surface area contributed by atoms with Crippen LogP contribution in [0.25, 0.3) is 11.3 Å². The van der Waals surface area contributed by atoms with Crippen molar-refractivity contribution in [1.29, 1.82) is 0 Å². The van der Waals surface area contributed by atoms with Gasteiger partial charge in [0.25, 0.3) is 0 Å². The van der Waals surface area contributed by atoms with Gasteiger partial charge < -0.3 is 15.2 Å². The van der Waals surface area contributed by atoms with Gasteiger partial charge in [-0.3, -0.25) is 0 Å². The molecule has 5 nitrogen and oxygen atoms in total. The fourth-order valence-electron chi connectivity index (χ4n) is 1.77. The third-order valence-corrected chi connectivity index (χ3v) is 2.58. The van der Waals surface area contributed by atoms with E-state index < -0.39 is 0 Å². The van der Waals surface area contributed by atoms with E-state index in [0.717, 1.165) is 22.7 Å². The van der Waals surface area contributed by atoms with Gasteiger partial charge in [-0.2, -0.15) is 0 Å². The van der Waals surface area contributed by atoms with Gasteiger partial charge in [0.2, 0.25) is 5.95 Å². The molecule has 5 heteroatoms. The van der Waals surface area contributed by atoms with Crippen LogP contribution in [0.3, 0.4) is 0 Å². The maximum atomic E-state index is 5.69. The van der Waals surface area contributed by atoms with Crippen molar-refractivity contribution < 1.29 is 9.47 Å². The van der Waals surface area contributed by atoms with Crippen molar-refractivity contribution in [3.63, 3.8) is 0 Å². The lowest BCUT2D eigenvalue weighted by Crippen LogP contribution is -2.05. The van der Waals surface area contributed by atoms with Crippen molar-refractivity contribution >= 4 is 5.95 Å². The van der Waals surface area contributed by atoms with Gasteiger partial charge in [0.15, 0.2) is 0 Å². The van der Waals surface area contributed by atoms with Gasteiger partial charge in [0, 0.05) is 18.4 Å². The van der Waals surface area contributed by atoms with E-state index in [1.165, 1.54) is 0 Å². The van der Waals surface area contributed by atoms with Crippen molar-refractivity contribution in [2.75, 3.05) is 26.1 Å². The van der Waals surface area contributed by atoms with Gasteiger partial charge in [-0.1, -0.05) is 12.1 Å². The summed E-state index contributed by atoms with van der Waals surface area (Å²) in [6.45, 7) is 2.92. The van der Waals surface area contributed by atoms with E-state index in [4.69, 9.17) is 15.2 Å². The van der Waals surface area contributed by atoms with Crippen molar-refractivity contribution in [3.05, 3.63) is 36.0 Å². The molecule has 1 aromatic carbocycles. The third kappa shape index (κ3) is 3.42. The number of benzene rings is 1. The predicted molar refractivity (Wildman–Crippen MR) is 74.0 cm³/mol. The molecule has 0 amide bonds. The molecule has 19 heavy (non-hydrogen) atoms. The summed E-state index contributed by atoms with van der Waals surface area (Å²) in [7, 11) is 1.64. The highest BCUT2D eigenvalue weighted by molar-refractivity contribution is 5.67. The van der Waals surface area contributed by atoms with Gasteiger partial charge in [-0.05, 0) is 25.1 Å². The molecule has 0 bridgehead atoms. The second kappa shape index (κ2) is 6.15. The SMILES string of the molecule is COCCOc1ccccc1-c1cc(C)nc(N)n1. The summed E-state index contributed by atoms with van der Waals surface area (Å²) in [4.78, 5) is 8.32. The van der Waals surface area contributed by atoms with E-state index in [2.05, 4.69) is 9.97 Å². The second-order valence-corrected chi connectivity index (χ2v) is 4.09. The number of rotatable bonds is 5. The average Bonchev–Trinajstić information content (AvgIpc) is 2.38. The Morgan fingerprint density at radius 3 is 2.68 bits per heavy atom. The number of nitrogens with zero attached hydrogens (tertiary/aromatic N) is 2. The summed E-state index contributed by atoms with van der Waals surface area (Å²) < 4.78 is 10.7. The molecule has 0 aliphatic heterocycles. The first-order chi connectivity index (χ1) is 9.20. The molecule has 0 saturated carbocycles. The summed E-state index contributed by atoms with van der Waals surface area (Å²) in [6, 6.07) is 9.59. The topological polar surface area (TPSA) is 70.3 Å². The lowest BCUT2D eigenvalue weighted by molar-refractivity contribution is 0.146. The number of hydrogen-bond acceptors (Lipinski definition) is 5. The van der Waals surface area contributed by atoms with Crippen LogP contribution in [0.2, 0.25) is 0 Å². The van der Waals surface area contributed by atoms with Crippen LogP contribution >= 0.6 is 0 Å². The quantitative estimate of drug-likeness (QED) is 0.832. The van der Waals surface area contributed by atoms with Crippen molar-refractivity contribution in [1.82, 2.24) is 9.97 Å². The number of aromatic nitrogens is 2. The fourth-order valence-corrected chi connectivity index (χ4v) is 1.77. The van der Waals surface area contributed by atoms with E-state index in [1.54, 1.807) is 7.11 Å². The zero-order chi connectivity index (χ0) is 13.7. The standard InChI is InChI=1S/C14H17N3O2/c1-10-9-12(17-14(15)16-10)11-5-3-4-6-13(11)19-8-7-18-2/h3-6,9H,7-8H2,1-2H3,(H2,15,16,17). The van der Waals surface area contributed by atoms with Gasteiger partial charge >= 0.3 is 0 Å². The zero-order valence-electron chi connectivity index (χ0n) is 11.1. The normalized spacial score (nSPS) is 10.4. The van der Waals surface area contributed by atoms with Crippen LogP contribution in [0.5, 0.6) is 5.75 Å². The molecule has 0 atom stereocenters. The molecule has 2 rings (SSSR count). The summed E-state index contributed by atoms with van der Waals surface area (Å²) in [5, 5.41) is 0. The van der Waals surface area contributed by atoms with E-state index in [-0.39, 0.29) is 5.95 Å². The first-order valence-electron chi connectivity index (χ1n) is 6.03. The first-order valence-corrected chi connectivity index (χ1v) is 6.03. The molecule has 0 saturated heterocycles. The number of nitrogen functional groups attached to an aromatic ring is 1. The molecule has 0 aliphatic carbocycles. The molecular formula is C14H17N3O2. The maximum Gasteiger partial charge on any atom is 0.220 e. The number of para-hydroxylation sites is 1. The maximum absolute atomic E-state index is 5.69. The zero-order valence-corrected chi connectivity index (χ0v) is 11.1. The minimum absolute atomic E-state index is 0.265. The highest BCUT2D eigenvalue weighted by Gasteiger charge is 2.08. The second-order valence-electron chi connectivity index (χ2n) is 4.09. The largest absolute Gasteiger partial charge is 0.490 e. The van der Waals surface area contributed by atoms with Crippen molar-refractivity contribution in [2.24, 2.45) is 0 Å². The Morgan fingerprint density at radius 2 is 1.95 bits per heavy atom. The molecule has 1 heterocycles. The molecule has 2 N–H and O–H groups in total. The van der Waals surface area contributed by atoms with E-state index in [1.807, 2.05) is 37.3 Å². The van der Waals surface area contributed by atoms with Crippen LogP contribution in [0.4, 0.5) is 5.95 Å². The molecule has 0 fully saturated rings. The molecule has 0 radical (unpaired) electrons. The van der Waals surface area contributed by atoms with Crippen LogP contribution in [-0.4, -0.2) is 30.3 Å². The van der Waals surface area contributed by atoms with Gasteiger partial charge in [-0.15, -0.1) is 0 Å². The minimum atomic E-state index is 0.265. The Kier molecular flexibility index (Phi) is 4.30. The Hall–Kier alpha value is -2.14. The first kappa shape index (κ1) is 13.3. The van der Waals surface area contributed by atoms with Crippen molar-refractivity contribution in [2.45, 2.75) is 6.92 Å². The molecule has 0 aliphatic rings. The highest BCUT2D eigenvalue weighted by Crippen LogP contribution is 2.28.